The monoisotopic (exact) mass is 513 g/mol. The van der Waals surface area contributed by atoms with Crippen molar-refractivity contribution in [3.8, 4) is 23.1 Å². The summed E-state index contributed by atoms with van der Waals surface area (Å²) in [6.07, 6.45) is 8.65. The summed E-state index contributed by atoms with van der Waals surface area (Å²) in [6, 6.07) is 11.6. The lowest BCUT2D eigenvalue weighted by atomic mass is 9.88. The molecule has 1 amide bonds. The molecule has 1 aromatic carbocycles. The van der Waals surface area contributed by atoms with E-state index in [1.165, 1.54) is 6.42 Å². The van der Waals surface area contributed by atoms with Crippen molar-refractivity contribution in [1.29, 1.82) is 0 Å². The van der Waals surface area contributed by atoms with E-state index >= 15 is 0 Å². The first-order valence-electron chi connectivity index (χ1n) is 13.1. The Bertz CT molecular complexity index is 1450. The number of nitrogens with one attached hydrogen (secondary N) is 1. The number of carbonyl (C=O) groups excluding carboxylic acids is 1. The summed E-state index contributed by atoms with van der Waals surface area (Å²) in [5, 5.41) is 7.84. The van der Waals surface area contributed by atoms with Gasteiger partial charge in [0.25, 0.3) is 0 Å². The first-order valence-corrected chi connectivity index (χ1v) is 13.1. The smallest absolute Gasteiger partial charge is 0.238 e. The topological polar surface area (TPSA) is 109 Å². The predicted octanol–water partition coefficient (Wildman–Crippen LogP) is 4.48. The van der Waals surface area contributed by atoms with Gasteiger partial charge in [-0.15, -0.1) is 5.10 Å². The molecule has 1 N–H and O–H groups in total. The molecule has 1 fully saturated rings. The van der Waals surface area contributed by atoms with Crippen molar-refractivity contribution in [3.63, 3.8) is 0 Å². The Morgan fingerprint density at radius 2 is 2.00 bits per heavy atom. The molecule has 2 aliphatic rings. The number of nitrogens with zero attached hydrogens (tertiary/aromatic N) is 6. The van der Waals surface area contributed by atoms with Crippen LogP contribution >= 0.6 is 0 Å². The quantitative estimate of drug-likeness (QED) is 0.405. The zero-order chi connectivity index (χ0) is 26.1. The number of carbonyl (C=O) groups is 1. The molecule has 10 heteroatoms. The van der Waals surface area contributed by atoms with E-state index in [9.17, 15) is 4.79 Å². The molecule has 3 aromatic heterocycles. The Morgan fingerprint density at radius 1 is 1.13 bits per heavy atom. The highest BCUT2D eigenvalue weighted by Gasteiger charge is 2.28. The molecule has 10 nitrogen and oxygen atoms in total. The molecule has 196 valence electrons. The van der Waals surface area contributed by atoms with Gasteiger partial charge in [-0.25, -0.2) is 19.6 Å². The second kappa shape index (κ2) is 10.4. The molecule has 1 saturated carbocycles. The van der Waals surface area contributed by atoms with Crippen LogP contribution in [-0.4, -0.2) is 48.9 Å². The average Bonchev–Trinajstić information content (AvgIpc) is 3.59. The second-order valence-electron chi connectivity index (χ2n) is 9.86. The SMILES string of the molecule is COc1nc(-c2nc3n(n2)CCO[C@H]3c2cccc(NC(=O)C3CCCCC3)c2)ccc1-n1cnc(C)c1. The van der Waals surface area contributed by atoms with Gasteiger partial charge in [0.1, 0.15) is 17.5 Å². The number of anilines is 1. The lowest BCUT2D eigenvalue weighted by molar-refractivity contribution is -0.120. The van der Waals surface area contributed by atoms with Gasteiger partial charge in [-0.05, 0) is 49.6 Å². The minimum Gasteiger partial charge on any atom is -0.479 e. The number of pyridine rings is 1. The average molecular weight is 514 g/mol. The minimum atomic E-state index is -0.397. The number of hydrogen-bond donors (Lipinski definition) is 1. The Morgan fingerprint density at radius 3 is 2.79 bits per heavy atom. The maximum Gasteiger partial charge on any atom is 0.238 e. The first-order chi connectivity index (χ1) is 18.6. The molecule has 6 rings (SSSR count). The number of benzene rings is 1. The third kappa shape index (κ3) is 4.79. The van der Waals surface area contributed by atoms with Crippen LogP contribution in [0.2, 0.25) is 0 Å². The van der Waals surface area contributed by atoms with E-state index in [-0.39, 0.29) is 11.8 Å². The number of ether oxygens (including phenoxy) is 2. The van der Waals surface area contributed by atoms with Crippen molar-refractivity contribution in [2.45, 2.75) is 51.7 Å². The Balaban J connectivity index is 1.26. The molecule has 1 aliphatic carbocycles. The fraction of sp³-hybridized carbons (Fsp3) is 0.393. The molecular weight excluding hydrogens is 482 g/mol. The van der Waals surface area contributed by atoms with Gasteiger partial charge in [-0.3, -0.25) is 4.79 Å². The van der Waals surface area contributed by atoms with Crippen LogP contribution in [0.5, 0.6) is 5.88 Å². The predicted molar refractivity (Wildman–Crippen MR) is 141 cm³/mol. The maximum absolute atomic E-state index is 12.8. The summed E-state index contributed by atoms with van der Waals surface area (Å²) in [5.41, 5.74) is 3.99. The van der Waals surface area contributed by atoms with Gasteiger partial charge in [0, 0.05) is 17.8 Å². The van der Waals surface area contributed by atoms with Crippen molar-refractivity contribution in [1.82, 2.24) is 29.3 Å². The zero-order valence-corrected chi connectivity index (χ0v) is 21.6. The van der Waals surface area contributed by atoms with E-state index in [0.717, 1.165) is 48.3 Å². The summed E-state index contributed by atoms with van der Waals surface area (Å²) in [6.45, 7) is 3.04. The highest BCUT2D eigenvalue weighted by molar-refractivity contribution is 5.92. The van der Waals surface area contributed by atoms with Crippen molar-refractivity contribution in [2.75, 3.05) is 19.0 Å². The van der Waals surface area contributed by atoms with E-state index in [1.54, 1.807) is 13.4 Å². The van der Waals surface area contributed by atoms with Gasteiger partial charge >= 0.3 is 0 Å². The van der Waals surface area contributed by atoms with Gasteiger partial charge in [0.15, 0.2) is 11.6 Å². The van der Waals surface area contributed by atoms with E-state index < -0.39 is 6.10 Å². The summed E-state index contributed by atoms with van der Waals surface area (Å²) in [4.78, 5) is 26.6. The molecule has 38 heavy (non-hydrogen) atoms. The molecule has 4 heterocycles. The van der Waals surface area contributed by atoms with Crippen LogP contribution in [0.3, 0.4) is 0 Å². The number of hydrogen-bond acceptors (Lipinski definition) is 7. The molecule has 0 radical (unpaired) electrons. The molecule has 0 spiro atoms. The van der Waals surface area contributed by atoms with Crippen LogP contribution in [0.15, 0.2) is 48.9 Å². The lowest BCUT2D eigenvalue weighted by Crippen LogP contribution is -2.25. The zero-order valence-electron chi connectivity index (χ0n) is 21.6. The third-order valence-corrected chi connectivity index (χ3v) is 7.21. The van der Waals surface area contributed by atoms with E-state index in [1.807, 2.05) is 58.8 Å². The molecule has 1 atom stereocenters. The number of rotatable bonds is 6. The number of imidazole rings is 1. The van der Waals surface area contributed by atoms with Gasteiger partial charge in [-0.1, -0.05) is 31.4 Å². The number of aryl methyl sites for hydroxylation is 1. The number of fused-ring (bicyclic) bond motifs is 1. The van der Waals surface area contributed by atoms with Crippen LogP contribution in [0.25, 0.3) is 17.2 Å². The van der Waals surface area contributed by atoms with Crippen LogP contribution in [0, 0.1) is 12.8 Å². The van der Waals surface area contributed by atoms with Crippen LogP contribution < -0.4 is 10.1 Å². The number of amides is 1. The van der Waals surface area contributed by atoms with Crippen LogP contribution in [0.1, 0.15) is 55.3 Å². The number of aromatic nitrogens is 6. The maximum atomic E-state index is 12.8. The van der Waals surface area contributed by atoms with Crippen molar-refractivity contribution in [2.24, 2.45) is 5.92 Å². The third-order valence-electron chi connectivity index (χ3n) is 7.21. The normalized spacial score (nSPS) is 17.7. The first kappa shape index (κ1) is 24.3. The summed E-state index contributed by atoms with van der Waals surface area (Å²) in [7, 11) is 1.59. The molecule has 4 aromatic rings. The fourth-order valence-electron chi connectivity index (χ4n) is 5.24. The summed E-state index contributed by atoms with van der Waals surface area (Å²) < 4.78 is 15.5. The fourth-order valence-corrected chi connectivity index (χ4v) is 5.24. The highest BCUT2D eigenvalue weighted by Crippen LogP contribution is 2.32. The standard InChI is InChI=1S/C28H31N7O3/c1-18-16-34(17-29-18)23-12-11-22(31-28(23)37-2)25-32-26-24(38-14-13-35(26)33-25)20-9-6-10-21(15-20)30-27(36)19-7-4-3-5-8-19/h6,9-12,15-17,19,24H,3-5,7-8,13-14H2,1-2H3,(H,30,36)/t24-/m0/s1. The molecular formula is C28H31N7O3. The van der Waals surface area contributed by atoms with Crippen molar-refractivity contribution in [3.05, 3.63) is 66.0 Å². The molecule has 0 bridgehead atoms. The molecule has 0 unspecified atom stereocenters. The van der Waals surface area contributed by atoms with E-state index in [2.05, 4.69) is 15.3 Å². The largest absolute Gasteiger partial charge is 0.479 e. The minimum absolute atomic E-state index is 0.0951. The number of methoxy groups -OCH3 is 1. The highest BCUT2D eigenvalue weighted by atomic mass is 16.5. The van der Waals surface area contributed by atoms with Gasteiger partial charge < -0.3 is 19.4 Å². The van der Waals surface area contributed by atoms with E-state index in [4.69, 9.17) is 19.6 Å². The molecule has 1 aliphatic heterocycles. The summed E-state index contributed by atoms with van der Waals surface area (Å²) >= 11 is 0. The van der Waals surface area contributed by atoms with Crippen molar-refractivity contribution < 1.29 is 14.3 Å². The van der Waals surface area contributed by atoms with Gasteiger partial charge in [-0.2, -0.15) is 0 Å². The molecule has 0 saturated heterocycles. The Hall–Kier alpha value is -4.05. The summed E-state index contributed by atoms with van der Waals surface area (Å²) in [5.74, 6) is 1.87. The second-order valence-corrected chi connectivity index (χ2v) is 9.86. The Kier molecular flexibility index (Phi) is 6.63. The van der Waals surface area contributed by atoms with Gasteiger partial charge in [0.2, 0.25) is 11.8 Å². The van der Waals surface area contributed by atoms with Crippen LogP contribution in [-0.2, 0) is 16.1 Å². The lowest BCUT2D eigenvalue weighted by Gasteiger charge is -2.24. The van der Waals surface area contributed by atoms with Crippen molar-refractivity contribution >= 4 is 11.6 Å². The van der Waals surface area contributed by atoms with Gasteiger partial charge in [0.05, 0.1) is 32.3 Å². The Labute approximate surface area is 221 Å². The van der Waals surface area contributed by atoms with E-state index in [0.29, 0.717) is 36.4 Å². The van der Waals surface area contributed by atoms with Crippen LogP contribution in [0.4, 0.5) is 5.69 Å².